The number of halogens is 2. The van der Waals surface area contributed by atoms with E-state index < -0.39 is 17.5 Å². The third-order valence-electron chi connectivity index (χ3n) is 3.41. The van der Waals surface area contributed by atoms with E-state index in [2.05, 4.69) is 0 Å². The van der Waals surface area contributed by atoms with E-state index in [1.807, 2.05) is 0 Å². The summed E-state index contributed by atoms with van der Waals surface area (Å²) in [7, 11) is 2.94. The fourth-order valence-electron chi connectivity index (χ4n) is 2.22. The first-order valence-electron chi connectivity index (χ1n) is 7.00. The smallest absolute Gasteiger partial charge is 0.262 e. The predicted molar refractivity (Wildman–Crippen MR) is 83.3 cm³/mol. The quantitative estimate of drug-likeness (QED) is 0.844. The van der Waals surface area contributed by atoms with Gasteiger partial charge in [-0.3, -0.25) is 4.79 Å². The summed E-state index contributed by atoms with van der Waals surface area (Å²) in [5.74, 6) is -1.50. The van der Waals surface area contributed by atoms with E-state index >= 15 is 0 Å². The number of hydrogen-bond acceptors (Lipinski definition) is 3. The normalized spacial score (nSPS) is 10.3. The topological polar surface area (TPSA) is 38.8 Å². The Balaban J connectivity index is 2.45. The molecule has 0 fully saturated rings. The van der Waals surface area contributed by atoms with Crippen LogP contribution in [0.4, 0.5) is 14.5 Å². The number of nitrogens with zero attached hydrogens (tertiary/aromatic N) is 1. The van der Waals surface area contributed by atoms with E-state index in [1.54, 1.807) is 25.1 Å². The number of methoxy groups -OCH3 is 2. The minimum absolute atomic E-state index is 0.265. The molecule has 0 bridgehead atoms. The molecule has 2 rings (SSSR count). The zero-order valence-electron chi connectivity index (χ0n) is 13.1. The molecule has 0 heterocycles. The summed E-state index contributed by atoms with van der Waals surface area (Å²) >= 11 is 0. The van der Waals surface area contributed by atoms with E-state index in [1.165, 1.54) is 25.2 Å². The molecule has 0 atom stereocenters. The van der Waals surface area contributed by atoms with Crippen LogP contribution in [0.5, 0.6) is 11.5 Å². The second kappa shape index (κ2) is 7.09. The molecule has 122 valence electrons. The van der Waals surface area contributed by atoms with E-state index in [0.29, 0.717) is 11.5 Å². The van der Waals surface area contributed by atoms with Crippen LogP contribution in [0.15, 0.2) is 36.4 Å². The van der Waals surface area contributed by atoms with Gasteiger partial charge in [0.25, 0.3) is 5.91 Å². The molecule has 0 saturated heterocycles. The molecule has 2 aromatic carbocycles. The number of carbonyl (C=O) groups is 1. The van der Waals surface area contributed by atoms with E-state index in [-0.39, 0.29) is 17.8 Å². The summed E-state index contributed by atoms with van der Waals surface area (Å²) in [6.45, 7) is 2.02. The van der Waals surface area contributed by atoms with Crippen LogP contribution in [0.25, 0.3) is 0 Å². The molecule has 0 aliphatic rings. The standard InChI is InChI=1S/C17H17F2NO3/c1-4-20(11-5-7-14(18)15(19)9-11)17(21)13-10-12(22-2)6-8-16(13)23-3/h5-10H,4H2,1-3H3. The van der Waals surface area contributed by atoms with Gasteiger partial charge in [0, 0.05) is 18.3 Å². The van der Waals surface area contributed by atoms with E-state index in [0.717, 1.165) is 12.1 Å². The molecule has 1 amide bonds. The van der Waals surface area contributed by atoms with Gasteiger partial charge < -0.3 is 14.4 Å². The van der Waals surface area contributed by atoms with E-state index in [4.69, 9.17) is 9.47 Å². The molecular weight excluding hydrogens is 304 g/mol. The maximum atomic E-state index is 13.4. The van der Waals surface area contributed by atoms with Crippen molar-refractivity contribution in [3.8, 4) is 11.5 Å². The number of hydrogen-bond donors (Lipinski definition) is 0. The van der Waals surface area contributed by atoms with Gasteiger partial charge in [-0.25, -0.2) is 8.78 Å². The molecule has 23 heavy (non-hydrogen) atoms. The predicted octanol–water partition coefficient (Wildman–Crippen LogP) is 3.65. The minimum atomic E-state index is -1.01. The molecule has 0 spiro atoms. The van der Waals surface area contributed by atoms with Crippen molar-refractivity contribution in [2.45, 2.75) is 6.92 Å². The van der Waals surface area contributed by atoms with Crippen LogP contribution in [-0.4, -0.2) is 26.7 Å². The second-order valence-corrected chi connectivity index (χ2v) is 4.71. The SMILES string of the molecule is CCN(C(=O)c1cc(OC)ccc1OC)c1ccc(F)c(F)c1. The Hall–Kier alpha value is -2.63. The highest BCUT2D eigenvalue weighted by molar-refractivity contribution is 6.08. The number of carbonyl (C=O) groups excluding carboxylic acids is 1. The monoisotopic (exact) mass is 321 g/mol. The number of ether oxygens (including phenoxy) is 2. The van der Waals surface area contributed by atoms with Crippen molar-refractivity contribution < 1.29 is 23.0 Å². The number of anilines is 1. The zero-order chi connectivity index (χ0) is 17.0. The number of rotatable bonds is 5. The fraction of sp³-hybridized carbons (Fsp3) is 0.235. The Bertz CT molecular complexity index is 719. The highest BCUT2D eigenvalue weighted by atomic mass is 19.2. The van der Waals surface area contributed by atoms with Crippen molar-refractivity contribution in [2.24, 2.45) is 0 Å². The molecular formula is C17H17F2NO3. The lowest BCUT2D eigenvalue weighted by molar-refractivity contribution is 0.0985. The van der Waals surface area contributed by atoms with Gasteiger partial charge in [0.15, 0.2) is 11.6 Å². The van der Waals surface area contributed by atoms with Gasteiger partial charge >= 0.3 is 0 Å². The third-order valence-corrected chi connectivity index (χ3v) is 3.41. The molecule has 0 aliphatic heterocycles. The molecule has 0 radical (unpaired) electrons. The van der Waals surface area contributed by atoms with Crippen molar-refractivity contribution in [1.82, 2.24) is 0 Å². The highest BCUT2D eigenvalue weighted by Gasteiger charge is 2.21. The summed E-state index contributed by atoms with van der Waals surface area (Å²) in [6, 6.07) is 8.16. The van der Waals surface area contributed by atoms with Crippen molar-refractivity contribution >= 4 is 11.6 Å². The van der Waals surface area contributed by atoms with Crippen molar-refractivity contribution in [3.05, 3.63) is 53.6 Å². The fourth-order valence-corrected chi connectivity index (χ4v) is 2.22. The zero-order valence-corrected chi connectivity index (χ0v) is 13.1. The average Bonchev–Trinajstić information content (AvgIpc) is 2.57. The van der Waals surface area contributed by atoms with Gasteiger partial charge in [0.05, 0.1) is 19.8 Å². The highest BCUT2D eigenvalue weighted by Crippen LogP contribution is 2.27. The van der Waals surface area contributed by atoms with Crippen LogP contribution in [0.2, 0.25) is 0 Å². The average molecular weight is 321 g/mol. The molecule has 0 saturated carbocycles. The van der Waals surface area contributed by atoms with Crippen LogP contribution >= 0.6 is 0 Å². The minimum Gasteiger partial charge on any atom is -0.497 e. The number of amides is 1. The Morgan fingerprint density at radius 3 is 2.35 bits per heavy atom. The second-order valence-electron chi connectivity index (χ2n) is 4.71. The van der Waals surface area contributed by atoms with E-state index in [9.17, 15) is 13.6 Å². The van der Waals surface area contributed by atoms with Gasteiger partial charge in [0.1, 0.15) is 11.5 Å². The lowest BCUT2D eigenvalue weighted by Gasteiger charge is -2.22. The van der Waals surface area contributed by atoms with Gasteiger partial charge in [-0.15, -0.1) is 0 Å². The first-order chi connectivity index (χ1) is 11.0. The van der Waals surface area contributed by atoms with Crippen LogP contribution in [0.1, 0.15) is 17.3 Å². The lowest BCUT2D eigenvalue weighted by Crippen LogP contribution is -2.31. The van der Waals surface area contributed by atoms with Gasteiger partial charge in [-0.2, -0.15) is 0 Å². The molecule has 0 unspecified atom stereocenters. The Morgan fingerprint density at radius 2 is 1.78 bits per heavy atom. The maximum Gasteiger partial charge on any atom is 0.262 e. The van der Waals surface area contributed by atoms with Crippen LogP contribution < -0.4 is 14.4 Å². The number of benzene rings is 2. The van der Waals surface area contributed by atoms with Crippen molar-refractivity contribution in [1.29, 1.82) is 0 Å². The molecule has 0 aromatic heterocycles. The third kappa shape index (κ3) is 3.41. The lowest BCUT2D eigenvalue weighted by atomic mass is 10.1. The Labute approximate surface area is 133 Å². The summed E-state index contributed by atoms with van der Waals surface area (Å²) in [5.41, 5.74) is 0.541. The first kappa shape index (κ1) is 16.7. The van der Waals surface area contributed by atoms with Crippen molar-refractivity contribution in [3.63, 3.8) is 0 Å². The largest absolute Gasteiger partial charge is 0.497 e. The van der Waals surface area contributed by atoms with Gasteiger partial charge in [0.2, 0.25) is 0 Å². The summed E-state index contributed by atoms with van der Waals surface area (Å²) in [4.78, 5) is 14.1. The maximum absolute atomic E-state index is 13.4. The summed E-state index contributed by atoms with van der Waals surface area (Å²) in [6.07, 6.45) is 0. The molecule has 0 N–H and O–H groups in total. The first-order valence-corrected chi connectivity index (χ1v) is 7.00. The molecule has 4 nitrogen and oxygen atoms in total. The van der Waals surface area contributed by atoms with Crippen molar-refractivity contribution in [2.75, 3.05) is 25.7 Å². The van der Waals surface area contributed by atoms with Gasteiger partial charge in [-0.1, -0.05) is 0 Å². The van der Waals surface area contributed by atoms with Crippen LogP contribution in [0.3, 0.4) is 0 Å². The van der Waals surface area contributed by atoms with Crippen LogP contribution in [0, 0.1) is 11.6 Å². The molecule has 6 heteroatoms. The van der Waals surface area contributed by atoms with Gasteiger partial charge in [-0.05, 0) is 37.3 Å². The Kier molecular flexibility index (Phi) is 5.16. The summed E-state index contributed by atoms with van der Waals surface area (Å²) in [5, 5.41) is 0. The molecule has 2 aromatic rings. The molecule has 0 aliphatic carbocycles. The summed E-state index contributed by atoms with van der Waals surface area (Å²) < 4.78 is 36.9. The van der Waals surface area contributed by atoms with Crippen LogP contribution in [-0.2, 0) is 0 Å². The Morgan fingerprint density at radius 1 is 1.04 bits per heavy atom.